The highest BCUT2D eigenvalue weighted by Gasteiger charge is 2.47. The van der Waals surface area contributed by atoms with E-state index in [-0.39, 0.29) is 0 Å². The Hall–Kier alpha value is 0.390. The van der Waals surface area contributed by atoms with Gasteiger partial charge >= 0.3 is 0 Å². The third-order valence-electron chi connectivity index (χ3n) is 3.63. The Morgan fingerprint density at radius 1 is 1.18 bits per heavy atom. The van der Waals surface area contributed by atoms with Crippen LogP contribution in [0.25, 0.3) is 0 Å². The highest BCUT2D eigenvalue weighted by molar-refractivity contribution is 7.19. The van der Waals surface area contributed by atoms with Gasteiger partial charge in [0.25, 0.3) is 0 Å². The van der Waals surface area contributed by atoms with E-state index in [1.807, 2.05) is 0 Å². The van der Waals surface area contributed by atoms with E-state index in [0.29, 0.717) is 5.16 Å². The van der Waals surface area contributed by atoms with E-state index in [1.54, 1.807) is 0 Å². The second kappa shape index (κ2) is 2.00. The van der Waals surface area contributed by atoms with Crippen molar-refractivity contribution < 1.29 is 0 Å². The Morgan fingerprint density at radius 3 is 2.27 bits per heavy atom. The minimum atomic E-state index is 0.643. The first-order valence-electron chi connectivity index (χ1n) is 4.75. The molecule has 0 radical (unpaired) electrons. The fourth-order valence-electron chi connectivity index (χ4n) is 3.66. The van der Waals surface area contributed by atoms with Gasteiger partial charge in [0.05, 0.1) is 0 Å². The van der Waals surface area contributed by atoms with Gasteiger partial charge < -0.3 is 4.90 Å². The van der Waals surface area contributed by atoms with Gasteiger partial charge in [-0.15, -0.1) is 9.24 Å². The first-order chi connectivity index (χ1) is 5.23. The molecule has 1 aliphatic carbocycles. The number of nitrogens with zero attached hydrogens (tertiary/aromatic N) is 1. The third-order valence-corrected chi connectivity index (χ3v) is 4.28. The Balaban J connectivity index is 1.94. The Kier molecular flexibility index (Phi) is 1.25. The lowest BCUT2D eigenvalue weighted by Gasteiger charge is -2.56. The average Bonchev–Trinajstić information content (AvgIpc) is 1.79. The molecule has 4 rings (SSSR count). The topological polar surface area (TPSA) is 3.24 Å². The van der Waals surface area contributed by atoms with E-state index >= 15 is 0 Å². The molecule has 3 heterocycles. The zero-order chi connectivity index (χ0) is 7.47. The summed E-state index contributed by atoms with van der Waals surface area (Å²) >= 11 is 0. The van der Waals surface area contributed by atoms with Gasteiger partial charge in [-0.3, -0.25) is 0 Å². The van der Waals surface area contributed by atoms with Crippen molar-refractivity contribution in [3.63, 3.8) is 0 Å². The molecule has 0 N–H and O–H groups in total. The Bertz CT molecular complexity index is 155. The molecule has 4 aliphatic rings. The summed E-state index contributed by atoms with van der Waals surface area (Å²) in [7, 11) is 3.13. The van der Waals surface area contributed by atoms with Crippen LogP contribution >= 0.6 is 9.24 Å². The van der Waals surface area contributed by atoms with Gasteiger partial charge in [-0.05, 0) is 36.3 Å². The second-order valence-electron chi connectivity index (χ2n) is 4.93. The quantitative estimate of drug-likeness (QED) is 0.495. The lowest BCUT2D eigenvalue weighted by atomic mass is 9.68. The highest BCUT2D eigenvalue weighted by atomic mass is 31.0. The molecule has 11 heavy (non-hydrogen) atoms. The van der Waals surface area contributed by atoms with Crippen molar-refractivity contribution in [2.75, 3.05) is 19.6 Å². The van der Waals surface area contributed by atoms with Crippen LogP contribution in [-0.2, 0) is 0 Å². The normalized spacial score (nSPS) is 60.3. The van der Waals surface area contributed by atoms with E-state index in [0.717, 1.165) is 11.8 Å². The van der Waals surface area contributed by atoms with Gasteiger partial charge in [0, 0.05) is 19.6 Å². The van der Waals surface area contributed by atoms with E-state index in [2.05, 4.69) is 14.1 Å². The van der Waals surface area contributed by atoms with Gasteiger partial charge in [0.15, 0.2) is 0 Å². The molecular formula is C9H16NP. The lowest BCUT2D eigenvalue weighted by molar-refractivity contribution is -0.00118. The van der Waals surface area contributed by atoms with Crippen LogP contribution in [0.3, 0.4) is 0 Å². The van der Waals surface area contributed by atoms with Crippen LogP contribution in [0, 0.1) is 11.8 Å². The Labute approximate surface area is 70.7 Å². The van der Waals surface area contributed by atoms with Crippen molar-refractivity contribution in [2.45, 2.75) is 24.4 Å². The minimum absolute atomic E-state index is 0.643. The molecule has 62 valence electrons. The summed E-state index contributed by atoms with van der Waals surface area (Å²) in [6.45, 7) is 4.18. The lowest BCUT2D eigenvalue weighted by Crippen LogP contribution is -2.59. The molecule has 1 saturated carbocycles. The Morgan fingerprint density at radius 2 is 1.82 bits per heavy atom. The van der Waals surface area contributed by atoms with Gasteiger partial charge in [-0.1, -0.05) is 0 Å². The van der Waals surface area contributed by atoms with Gasteiger partial charge in [-0.25, -0.2) is 0 Å². The molecule has 4 fully saturated rings. The molecule has 0 aromatic heterocycles. The molecule has 2 heteroatoms. The van der Waals surface area contributed by atoms with E-state index in [4.69, 9.17) is 0 Å². The molecule has 3 atom stereocenters. The zero-order valence-corrected chi connectivity index (χ0v) is 8.08. The van der Waals surface area contributed by atoms with E-state index in [1.165, 1.54) is 38.9 Å². The molecule has 3 unspecified atom stereocenters. The van der Waals surface area contributed by atoms with Crippen molar-refractivity contribution in [3.8, 4) is 0 Å². The fraction of sp³-hybridized carbons (Fsp3) is 1.00. The van der Waals surface area contributed by atoms with Crippen molar-refractivity contribution in [3.05, 3.63) is 0 Å². The first-order valence-corrected chi connectivity index (χ1v) is 5.32. The highest BCUT2D eigenvalue weighted by Crippen LogP contribution is 2.49. The van der Waals surface area contributed by atoms with Crippen LogP contribution in [0.1, 0.15) is 19.3 Å². The third kappa shape index (κ3) is 0.975. The molecule has 1 nitrogen and oxygen atoms in total. The van der Waals surface area contributed by atoms with Crippen molar-refractivity contribution in [2.24, 2.45) is 11.8 Å². The zero-order valence-electron chi connectivity index (χ0n) is 6.92. The monoisotopic (exact) mass is 169 g/mol. The predicted octanol–water partition coefficient (Wildman–Crippen LogP) is 1.35. The predicted molar refractivity (Wildman–Crippen MR) is 49.7 cm³/mol. The van der Waals surface area contributed by atoms with Crippen LogP contribution in [-0.4, -0.2) is 29.7 Å². The van der Waals surface area contributed by atoms with Crippen LogP contribution < -0.4 is 0 Å². The summed E-state index contributed by atoms with van der Waals surface area (Å²) in [6, 6.07) is 0. The van der Waals surface area contributed by atoms with E-state index in [9.17, 15) is 0 Å². The summed E-state index contributed by atoms with van der Waals surface area (Å²) < 4.78 is 0. The van der Waals surface area contributed by atoms with Gasteiger partial charge in [0.2, 0.25) is 0 Å². The number of hydrogen-bond donors (Lipinski definition) is 0. The molecule has 0 aromatic rings. The fourth-order valence-corrected chi connectivity index (χ4v) is 4.58. The SMILES string of the molecule is PC12CC3CC(CN(C3)C1)C2. The van der Waals surface area contributed by atoms with Crippen LogP contribution in [0.4, 0.5) is 0 Å². The molecule has 4 bridgehead atoms. The molecule has 0 spiro atoms. The minimum Gasteiger partial charge on any atom is -0.302 e. The number of rotatable bonds is 0. The molecular weight excluding hydrogens is 153 g/mol. The van der Waals surface area contributed by atoms with Crippen molar-refractivity contribution in [1.82, 2.24) is 4.90 Å². The first kappa shape index (κ1) is 6.86. The summed E-state index contributed by atoms with van der Waals surface area (Å²) in [4.78, 5) is 2.68. The molecule has 3 saturated heterocycles. The number of piperidine rings is 3. The molecule has 3 aliphatic heterocycles. The summed E-state index contributed by atoms with van der Waals surface area (Å²) in [5, 5.41) is 0.643. The largest absolute Gasteiger partial charge is 0.302 e. The smallest absolute Gasteiger partial charge is 0.00730 e. The maximum atomic E-state index is 3.13. The molecule has 0 aromatic carbocycles. The van der Waals surface area contributed by atoms with Crippen molar-refractivity contribution >= 4 is 9.24 Å². The van der Waals surface area contributed by atoms with Crippen LogP contribution in [0.15, 0.2) is 0 Å². The van der Waals surface area contributed by atoms with Crippen LogP contribution in [0.2, 0.25) is 0 Å². The second-order valence-corrected chi connectivity index (χ2v) is 6.16. The number of hydrogen-bond acceptors (Lipinski definition) is 1. The summed E-state index contributed by atoms with van der Waals surface area (Å²) in [6.07, 6.45) is 4.52. The standard InChI is InChI=1S/C9H16NP/c11-9-2-7-1-8(3-9)5-10(4-7)6-9/h7-8H,1-6,11H2. The van der Waals surface area contributed by atoms with E-state index < -0.39 is 0 Å². The summed E-state index contributed by atoms with van der Waals surface area (Å²) in [5.41, 5.74) is 0. The maximum absolute atomic E-state index is 3.13. The van der Waals surface area contributed by atoms with Gasteiger partial charge in [0.1, 0.15) is 0 Å². The average molecular weight is 169 g/mol. The van der Waals surface area contributed by atoms with Crippen LogP contribution in [0.5, 0.6) is 0 Å². The van der Waals surface area contributed by atoms with Gasteiger partial charge in [-0.2, -0.15) is 0 Å². The summed E-state index contributed by atoms with van der Waals surface area (Å²) in [5.74, 6) is 2.10. The maximum Gasteiger partial charge on any atom is 0.00730 e. The van der Waals surface area contributed by atoms with Crippen molar-refractivity contribution in [1.29, 1.82) is 0 Å². The molecule has 0 amide bonds.